The summed E-state index contributed by atoms with van der Waals surface area (Å²) in [6.07, 6.45) is 1.30. The highest BCUT2D eigenvalue weighted by Gasteiger charge is 2.05. The summed E-state index contributed by atoms with van der Waals surface area (Å²) in [4.78, 5) is 0. The van der Waals surface area contributed by atoms with Gasteiger partial charge in [0.25, 0.3) is 0 Å². The molecule has 0 aliphatic carbocycles. The maximum Gasteiger partial charge on any atom is 0.0482 e. The van der Waals surface area contributed by atoms with E-state index in [9.17, 15) is 0 Å². The van der Waals surface area contributed by atoms with Crippen molar-refractivity contribution in [1.29, 1.82) is 5.41 Å². The third-order valence-corrected chi connectivity index (χ3v) is 2.60. The highest BCUT2D eigenvalue weighted by molar-refractivity contribution is 6.17. The third-order valence-electron chi connectivity index (χ3n) is 2.60. The van der Waals surface area contributed by atoms with Crippen molar-refractivity contribution in [1.82, 2.24) is 0 Å². The molecule has 2 heteroatoms. The molecular weight excluding hydrogens is 208 g/mol. The van der Waals surface area contributed by atoms with Gasteiger partial charge in [-0.1, -0.05) is 60.7 Å². The number of hydrogen-bond donors (Lipinski definition) is 2. The Bertz CT molecular complexity index is 527. The minimum atomic E-state index is 0.631. The molecule has 2 aromatic carbocycles. The van der Waals surface area contributed by atoms with E-state index in [1.165, 1.54) is 6.21 Å². The molecule has 2 aromatic rings. The quantitative estimate of drug-likeness (QED) is 0.608. The Balaban J connectivity index is 2.52. The summed E-state index contributed by atoms with van der Waals surface area (Å²) in [5, 5.41) is 7.51. The van der Waals surface area contributed by atoms with E-state index >= 15 is 0 Å². The van der Waals surface area contributed by atoms with Gasteiger partial charge < -0.3 is 11.1 Å². The summed E-state index contributed by atoms with van der Waals surface area (Å²) >= 11 is 0. The Labute approximate surface area is 101 Å². The topological polar surface area (TPSA) is 49.9 Å². The van der Waals surface area contributed by atoms with Gasteiger partial charge in [0.1, 0.15) is 0 Å². The summed E-state index contributed by atoms with van der Waals surface area (Å²) in [5.74, 6) is 0. The van der Waals surface area contributed by atoms with Crippen molar-refractivity contribution in [3.05, 3.63) is 71.8 Å². The van der Waals surface area contributed by atoms with Crippen LogP contribution in [-0.4, -0.2) is 6.21 Å². The third kappa shape index (κ3) is 2.42. The number of allylic oxidation sites excluding steroid dienone is 1. The van der Waals surface area contributed by atoms with Gasteiger partial charge in [-0.25, -0.2) is 0 Å². The SMILES string of the molecule is N=C/C(=C(\N)c1ccccc1)c1ccccc1. The molecule has 0 spiro atoms. The Morgan fingerprint density at radius 1 is 0.824 bits per heavy atom. The standard InChI is InChI=1S/C15H14N2/c16-11-14(12-7-3-1-4-8-12)15(17)13-9-5-2-6-10-13/h1-11,16H,17H2/b15-14+,16-11?. The van der Waals surface area contributed by atoms with Gasteiger partial charge >= 0.3 is 0 Å². The molecule has 0 radical (unpaired) electrons. The lowest BCUT2D eigenvalue weighted by Gasteiger charge is -2.08. The molecule has 3 N–H and O–H groups in total. The molecule has 0 atom stereocenters. The first kappa shape index (κ1) is 11.1. The summed E-state index contributed by atoms with van der Waals surface area (Å²) < 4.78 is 0. The van der Waals surface area contributed by atoms with Crippen LogP contribution in [0.2, 0.25) is 0 Å². The maximum atomic E-state index is 7.51. The van der Waals surface area contributed by atoms with Crippen LogP contribution >= 0.6 is 0 Å². The van der Waals surface area contributed by atoms with Crippen LogP contribution in [0, 0.1) is 5.41 Å². The monoisotopic (exact) mass is 222 g/mol. The van der Waals surface area contributed by atoms with Crippen LogP contribution in [0.3, 0.4) is 0 Å². The van der Waals surface area contributed by atoms with Gasteiger partial charge in [-0.2, -0.15) is 0 Å². The summed E-state index contributed by atoms with van der Waals surface area (Å²) in [7, 11) is 0. The lowest BCUT2D eigenvalue weighted by molar-refractivity contribution is 1.50. The van der Waals surface area contributed by atoms with Gasteiger partial charge in [-0.3, -0.25) is 0 Å². The molecule has 0 saturated heterocycles. The van der Waals surface area contributed by atoms with Crippen LogP contribution in [0.5, 0.6) is 0 Å². The lowest BCUT2D eigenvalue weighted by atomic mass is 10.0. The molecule has 0 aromatic heterocycles. The predicted octanol–water partition coefficient (Wildman–Crippen LogP) is 3.16. The molecule has 2 rings (SSSR count). The van der Waals surface area contributed by atoms with Crippen molar-refractivity contribution in [2.75, 3.05) is 0 Å². The molecule has 84 valence electrons. The van der Waals surface area contributed by atoms with Crippen LogP contribution in [0.25, 0.3) is 11.3 Å². The molecule has 0 amide bonds. The molecule has 0 bridgehead atoms. The zero-order valence-electron chi connectivity index (χ0n) is 9.43. The first-order valence-electron chi connectivity index (χ1n) is 5.44. The zero-order valence-corrected chi connectivity index (χ0v) is 9.43. The van der Waals surface area contributed by atoms with E-state index in [-0.39, 0.29) is 0 Å². The first-order chi connectivity index (χ1) is 8.33. The second-order valence-corrected chi connectivity index (χ2v) is 3.70. The molecule has 0 aliphatic rings. The number of benzene rings is 2. The van der Waals surface area contributed by atoms with E-state index < -0.39 is 0 Å². The number of hydrogen-bond acceptors (Lipinski definition) is 2. The summed E-state index contributed by atoms with van der Waals surface area (Å²) in [6.45, 7) is 0. The van der Waals surface area contributed by atoms with Crippen molar-refractivity contribution >= 4 is 17.5 Å². The zero-order chi connectivity index (χ0) is 12.1. The lowest BCUT2D eigenvalue weighted by Crippen LogP contribution is -2.02. The normalized spacial score (nSPS) is 11.8. The Hall–Kier alpha value is -2.35. The van der Waals surface area contributed by atoms with Gasteiger partial charge in [0.15, 0.2) is 0 Å². The second kappa shape index (κ2) is 5.12. The van der Waals surface area contributed by atoms with Crippen LogP contribution < -0.4 is 5.73 Å². The van der Waals surface area contributed by atoms with Crippen LogP contribution in [-0.2, 0) is 0 Å². The van der Waals surface area contributed by atoms with Crippen molar-refractivity contribution < 1.29 is 0 Å². The van der Waals surface area contributed by atoms with Crippen LogP contribution in [0.4, 0.5) is 0 Å². The highest BCUT2D eigenvalue weighted by atomic mass is 14.6. The van der Waals surface area contributed by atoms with Gasteiger partial charge in [0.2, 0.25) is 0 Å². The van der Waals surface area contributed by atoms with Crippen molar-refractivity contribution in [3.8, 4) is 0 Å². The molecule has 17 heavy (non-hydrogen) atoms. The maximum absolute atomic E-state index is 7.51. The largest absolute Gasteiger partial charge is 0.398 e. The van der Waals surface area contributed by atoms with E-state index in [0.717, 1.165) is 16.7 Å². The predicted molar refractivity (Wildman–Crippen MR) is 72.7 cm³/mol. The molecule has 0 saturated carbocycles. The summed E-state index contributed by atoms with van der Waals surface area (Å²) in [5.41, 5.74) is 9.39. The van der Waals surface area contributed by atoms with Gasteiger partial charge in [-0.05, 0) is 11.1 Å². The van der Waals surface area contributed by atoms with E-state index in [1.807, 2.05) is 60.7 Å². The summed E-state index contributed by atoms with van der Waals surface area (Å²) in [6, 6.07) is 19.5. The molecule has 0 unspecified atom stereocenters. The fourth-order valence-corrected chi connectivity index (χ4v) is 1.71. The first-order valence-corrected chi connectivity index (χ1v) is 5.44. The van der Waals surface area contributed by atoms with Gasteiger partial charge in [0, 0.05) is 17.5 Å². The Morgan fingerprint density at radius 2 is 1.29 bits per heavy atom. The molecule has 0 aliphatic heterocycles. The van der Waals surface area contributed by atoms with E-state index in [4.69, 9.17) is 11.1 Å². The van der Waals surface area contributed by atoms with E-state index in [0.29, 0.717) is 5.70 Å². The van der Waals surface area contributed by atoms with Crippen molar-refractivity contribution in [2.24, 2.45) is 5.73 Å². The molecule has 0 heterocycles. The average molecular weight is 222 g/mol. The number of rotatable bonds is 3. The molecule has 0 fully saturated rings. The van der Waals surface area contributed by atoms with Crippen molar-refractivity contribution in [2.45, 2.75) is 0 Å². The van der Waals surface area contributed by atoms with Crippen LogP contribution in [0.1, 0.15) is 11.1 Å². The average Bonchev–Trinajstić information content (AvgIpc) is 2.42. The minimum absolute atomic E-state index is 0.631. The Kier molecular flexibility index (Phi) is 3.36. The highest BCUT2D eigenvalue weighted by Crippen LogP contribution is 2.20. The van der Waals surface area contributed by atoms with Crippen LogP contribution in [0.15, 0.2) is 60.7 Å². The molecule has 2 nitrogen and oxygen atoms in total. The second-order valence-electron chi connectivity index (χ2n) is 3.70. The van der Waals surface area contributed by atoms with Gasteiger partial charge in [-0.15, -0.1) is 0 Å². The minimum Gasteiger partial charge on any atom is -0.398 e. The molecular formula is C15H14N2. The number of nitrogens with one attached hydrogen (secondary N) is 1. The van der Waals surface area contributed by atoms with Gasteiger partial charge in [0.05, 0.1) is 0 Å². The fourth-order valence-electron chi connectivity index (χ4n) is 1.71. The Morgan fingerprint density at radius 3 is 1.76 bits per heavy atom. The smallest absolute Gasteiger partial charge is 0.0482 e. The van der Waals surface area contributed by atoms with E-state index in [1.54, 1.807) is 0 Å². The van der Waals surface area contributed by atoms with E-state index in [2.05, 4.69) is 0 Å². The fraction of sp³-hybridized carbons (Fsp3) is 0. The number of nitrogens with two attached hydrogens (primary N) is 1. The van der Waals surface area contributed by atoms with Crippen molar-refractivity contribution in [3.63, 3.8) is 0 Å².